The maximum absolute atomic E-state index is 13.6. The topological polar surface area (TPSA) is 100 Å². The molecule has 0 spiro atoms. The van der Waals surface area contributed by atoms with Crippen molar-refractivity contribution >= 4 is 28.7 Å². The molecule has 1 aliphatic heterocycles. The van der Waals surface area contributed by atoms with Crippen molar-refractivity contribution in [3.63, 3.8) is 0 Å². The molecule has 2 amide bonds. The van der Waals surface area contributed by atoms with Crippen molar-refractivity contribution in [1.82, 2.24) is 15.6 Å². The van der Waals surface area contributed by atoms with Crippen molar-refractivity contribution in [2.75, 3.05) is 6.61 Å². The summed E-state index contributed by atoms with van der Waals surface area (Å²) in [4.78, 5) is 41.6. The predicted molar refractivity (Wildman–Crippen MR) is 134 cm³/mol. The number of aromatic nitrogens is 1. The number of para-hydroxylation sites is 1. The minimum atomic E-state index is -0.753. The molecule has 7 nitrogen and oxygen atoms in total. The Morgan fingerprint density at radius 2 is 1.74 bits per heavy atom. The quantitative estimate of drug-likeness (QED) is 0.396. The van der Waals surface area contributed by atoms with Gasteiger partial charge in [0.2, 0.25) is 11.8 Å². The minimum absolute atomic E-state index is 0.0938. The van der Waals surface area contributed by atoms with Gasteiger partial charge in [-0.15, -0.1) is 0 Å². The van der Waals surface area contributed by atoms with Gasteiger partial charge in [-0.05, 0) is 29.5 Å². The van der Waals surface area contributed by atoms with Crippen LogP contribution in [0.15, 0.2) is 72.9 Å². The highest BCUT2D eigenvalue weighted by Crippen LogP contribution is 2.24. The lowest BCUT2D eigenvalue weighted by molar-refractivity contribution is -0.143. The number of H-pyrrole nitrogens is 1. The molecule has 3 N–H and O–H groups in total. The highest BCUT2D eigenvalue weighted by atomic mass is 16.5. The normalized spacial score (nSPS) is 23.5. The van der Waals surface area contributed by atoms with Crippen LogP contribution in [0, 0.1) is 5.92 Å². The maximum atomic E-state index is 13.6. The number of benzene rings is 2. The Bertz CT molecular complexity index is 1200. The number of aromatic amines is 1. The molecule has 0 radical (unpaired) electrons. The summed E-state index contributed by atoms with van der Waals surface area (Å²) in [7, 11) is 0. The molecule has 0 fully saturated rings. The summed E-state index contributed by atoms with van der Waals surface area (Å²) < 4.78 is 5.24. The molecule has 0 saturated carbocycles. The Morgan fingerprint density at radius 1 is 0.971 bits per heavy atom. The number of esters is 1. The van der Waals surface area contributed by atoms with Crippen LogP contribution in [0.4, 0.5) is 0 Å². The van der Waals surface area contributed by atoms with Crippen LogP contribution >= 0.6 is 0 Å². The number of cyclic esters (lactones) is 1. The van der Waals surface area contributed by atoms with E-state index in [0.29, 0.717) is 12.8 Å². The lowest BCUT2D eigenvalue weighted by atomic mass is 9.93. The Balaban J connectivity index is 1.63. The summed E-state index contributed by atoms with van der Waals surface area (Å²) in [6.45, 7) is 2.16. The van der Waals surface area contributed by atoms with Crippen LogP contribution in [-0.4, -0.2) is 35.4 Å². The van der Waals surface area contributed by atoms with Gasteiger partial charge in [0.15, 0.2) is 0 Å². The highest BCUT2D eigenvalue weighted by Gasteiger charge is 2.27. The number of amides is 2. The van der Waals surface area contributed by atoms with Crippen LogP contribution in [0.5, 0.6) is 0 Å². The van der Waals surface area contributed by atoms with Gasteiger partial charge in [0.05, 0.1) is 19.1 Å². The van der Waals surface area contributed by atoms with Gasteiger partial charge in [0.1, 0.15) is 6.04 Å². The van der Waals surface area contributed by atoms with Crippen molar-refractivity contribution in [3.05, 3.63) is 84.1 Å². The van der Waals surface area contributed by atoms with Crippen molar-refractivity contribution in [2.24, 2.45) is 5.92 Å². The largest absolute Gasteiger partial charge is 0.465 e. The second kappa shape index (κ2) is 11.5. The number of rotatable bonds is 3. The molecule has 1 aromatic heterocycles. The molecular formula is C28H31N3O4. The minimum Gasteiger partial charge on any atom is -0.465 e. The number of fused-ring (bicyclic) bond motifs is 1. The van der Waals surface area contributed by atoms with Crippen LogP contribution in [0.3, 0.4) is 0 Å². The van der Waals surface area contributed by atoms with Gasteiger partial charge in [0.25, 0.3) is 0 Å². The second-order valence-corrected chi connectivity index (χ2v) is 8.90. The van der Waals surface area contributed by atoms with E-state index in [4.69, 9.17) is 4.74 Å². The van der Waals surface area contributed by atoms with Crippen LogP contribution in [0.2, 0.25) is 0 Å². The number of ether oxygens (including phenoxy) is 1. The number of carbonyl (C=O) groups excluding carboxylic acids is 3. The molecule has 0 saturated heterocycles. The molecule has 2 heterocycles. The molecule has 35 heavy (non-hydrogen) atoms. The molecule has 4 rings (SSSR count). The smallest absolute Gasteiger partial charge is 0.309 e. The van der Waals surface area contributed by atoms with Gasteiger partial charge in [-0.3, -0.25) is 14.4 Å². The molecule has 3 atom stereocenters. The summed E-state index contributed by atoms with van der Waals surface area (Å²) >= 11 is 0. The summed E-state index contributed by atoms with van der Waals surface area (Å²) in [5.74, 6) is -0.928. The van der Waals surface area contributed by atoms with Crippen molar-refractivity contribution in [2.45, 2.75) is 44.7 Å². The van der Waals surface area contributed by atoms with E-state index in [9.17, 15) is 14.4 Å². The summed E-state index contributed by atoms with van der Waals surface area (Å²) in [5, 5.41) is 7.10. The Morgan fingerprint density at radius 3 is 2.57 bits per heavy atom. The van der Waals surface area contributed by atoms with Crippen LogP contribution < -0.4 is 10.6 Å². The van der Waals surface area contributed by atoms with Crippen molar-refractivity contribution in [3.8, 4) is 0 Å². The first-order chi connectivity index (χ1) is 17.0. The van der Waals surface area contributed by atoms with E-state index in [2.05, 4.69) is 15.6 Å². The SMILES string of the molecule is C[C@H]1/C=C/CC(=O)OCCCC(=O)N[C@@H](Cc2c[nH]c3ccccc23)C(=O)N[C@H]1c1ccccc1. The Labute approximate surface area is 204 Å². The van der Waals surface area contributed by atoms with Crippen LogP contribution in [0.1, 0.15) is 43.4 Å². The number of carbonyl (C=O) groups is 3. The molecule has 2 aromatic carbocycles. The van der Waals surface area contributed by atoms with Gasteiger partial charge < -0.3 is 20.4 Å². The zero-order valence-corrected chi connectivity index (χ0v) is 19.8. The Hall–Kier alpha value is -3.87. The zero-order chi connectivity index (χ0) is 24.6. The lowest BCUT2D eigenvalue weighted by Crippen LogP contribution is -2.49. The summed E-state index contributed by atoms with van der Waals surface area (Å²) in [5.41, 5.74) is 2.88. The molecule has 0 unspecified atom stereocenters. The monoisotopic (exact) mass is 473 g/mol. The highest BCUT2D eigenvalue weighted by molar-refractivity contribution is 5.90. The first-order valence-corrected chi connectivity index (χ1v) is 12.0. The van der Waals surface area contributed by atoms with Crippen LogP contribution in [0.25, 0.3) is 10.9 Å². The van der Waals surface area contributed by atoms with Gasteiger partial charge in [-0.1, -0.05) is 67.6 Å². The average molecular weight is 474 g/mol. The number of nitrogens with one attached hydrogen (secondary N) is 3. The van der Waals surface area contributed by atoms with E-state index in [0.717, 1.165) is 22.0 Å². The molecule has 3 aromatic rings. The summed E-state index contributed by atoms with van der Waals surface area (Å²) in [6, 6.07) is 16.5. The fourth-order valence-electron chi connectivity index (χ4n) is 4.40. The van der Waals surface area contributed by atoms with E-state index < -0.39 is 6.04 Å². The average Bonchev–Trinajstić information content (AvgIpc) is 3.27. The lowest BCUT2D eigenvalue weighted by Gasteiger charge is -2.27. The standard InChI is InChI=1S/C28H31N3O4/c1-19-9-7-15-26(33)35-16-8-14-25(32)30-24(17-21-18-29-23-13-6-5-12-22(21)23)28(34)31-27(19)20-10-3-2-4-11-20/h2-7,9-13,18-19,24,27,29H,8,14-17H2,1H3,(H,30,32)(H,31,34)/b9-7+/t19-,24-,27+/m0/s1. The molecule has 7 heteroatoms. The van der Waals surface area contributed by atoms with E-state index in [1.165, 1.54) is 0 Å². The summed E-state index contributed by atoms with van der Waals surface area (Å²) in [6.07, 6.45) is 6.65. The van der Waals surface area contributed by atoms with Gasteiger partial charge >= 0.3 is 5.97 Å². The molecule has 0 aliphatic carbocycles. The third kappa shape index (κ3) is 6.38. The number of hydrogen-bond donors (Lipinski definition) is 3. The zero-order valence-electron chi connectivity index (χ0n) is 19.8. The molecular weight excluding hydrogens is 442 g/mol. The van der Waals surface area contributed by atoms with E-state index in [1.807, 2.05) is 73.8 Å². The van der Waals surface area contributed by atoms with Crippen LogP contribution in [-0.2, 0) is 25.5 Å². The van der Waals surface area contributed by atoms with E-state index in [-0.39, 0.29) is 49.2 Å². The molecule has 1 aliphatic rings. The fourth-order valence-corrected chi connectivity index (χ4v) is 4.40. The fraction of sp³-hybridized carbons (Fsp3) is 0.321. The predicted octanol–water partition coefficient (Wildman–Crippen LogP) is 3.97. The third-order valence-electron chi connectivity index (χ3n) is 6.27. The second-order valence-electron chi connectivity index (χ2n) is 8.90. The van der Waals surface area contributed by atoms with Crippen molar-refractivity contribution < 1.29 is 19.1 Å². The first kappa shape index (κ1) is 24.3. The number of hydrogen-bond acceptors (Lipinski definition) is 4. The Kier molecular flexibility index (Phi) is 7.98. The van der Waals surface area contributed by atoms with E-state index in [1.54, 1.807) is 6.08 Å². The third-order valence-corrected chi connectivity index (χ3v) is 6.27. The van der Waals surface area contributed by atoms with Gasteiger partial charge in [-0.25, -0.2) is 0 Å². The van der Waals surface area contributed by atoms with Crippen molar-refractivity contribution in [1.29, 1.82) is 0 Å². The molecule has 0 bridgehead atoms. The first-order valence-electron chi connectivity index (χ1n) is 12.0. The van der Waals surface area contributed by atoms with Gasteiger partial charge in [0, 0.05) is 29.9 Å². The molecule has 182 valence electrons. The van der Waals surface area contributed by atoms with E-state index >= 15 is 0 Å². The van der Waals surface area contributed by atoms with Gasteiger partial charge in [-0.2, -0.15) is 0 Å². The maximum Gasteiger partial charge on any atom is 0.309 e.